The summed E-state index contributed by atoms with van der Waals surface area (Å²) in [4.78, 5) is 15.9. The van der Waals surface area contributed by atoms with Gasteiger partial charge in [0.2, 0.25) is 0 Å². The second-order valence-electron chi connectivity index (χ2n) is 10.2. The quantitative estimate of drug-likeness (QED) is 0.608. The lowest BCUT2D eigenvalue weighted by Crippen LogP contribution is -2.58. The molecule has 5 nitrogen and oxygen atoms in total. The summed E-state index contributed by atoms with van der Waals surface area (Å²) in [7, 11) is 0. The van der Waals surface area contributed by atoms with Gasteiger partial charge in [0.15, 0.2) is 11.8 Å². The molecule has 4 bridgehead atoms. The van der Waals surface area contributed by atoms with Crippen LogP contribution in [-0.4, -0.2) is 26.8 Å². The van der Waals surface area contributed by atoms with E-state index in [-0.39, 0.29) is 23.3 Å². The van der Waals surface area contributed by atoms with Gasteiger partial charge in [0.25, 0.3) is 0 Å². The monoisotopic (exact) mass is 389 g/mol. The first-order valence-electron chi connectivity index (χ1n) is 11.0. The van der Waals surface area contributed by atoms with Crippen molar-refractivity contribution in [1.82, 2.24) is 4.98 Å². The van der Waals surface area contributed by atoms with Crippen molar-refractivity contribution in [3.05, 3.63) is 11.1 Å². The molecular weight excluding hydrogens is 354 g/mol. The zero-order valence-corrected chi connectivity index (χ0v) is 17.7. The molecule has 0 radical (unpaired) electrons. The third-order valence-corrected chi connectivity index (χ3v) is 8.60. The first kappa shape index (κ1) is 19.7. The van der Waals surface area contributed by atoms with E-state index in [1.54, 1.807) is 6.92 Å². The first-order valence-corrected chi connectivity index (χ1v) is 11.0. The number of hydrogen-bond donors (Lipinski definition) is 3. The smallest absolute Gasteiger partial charge is 0.312 e. The number of esters is 1. The van der Waals surface area contributed by atoms with Gasteiger partial charge in [-0.3, -0.25) is 9.78 Å². The largest absolute Gasteiger partial charge is 0.494 e. The molecule has 0 saturated heterocycles. The number of hydrogen-bond acceptors (Lipinski definition) is 4. The van der Waals surface area contributed by atoms with E-state index in [2.05, 4.69) is 11.9 Å². The van der Waals surface area contributed by atoms with Crippen LogP contribution in [0.15, 0.2) is 0 Å². The van der Waals surface area contributed by atoms with E-state index in [4.69, 9.17) is 4.74 Å². The lowest BCUT2D eigenvalue weighted by molar-refractivity contribution is -0.212. The molecule has 1 atom stereocenters. The summed E-state index contributed by atoms with van der Waals surface area (Å²) in [6, 6.07) is 0. The van der Waals surface area contributed by atoms with Gasteiger partial charge in [-0.2, -0.15) is 0 Å². The van der Waals surface area contributed by atoms with E-state index < -0.39 is 5.41 Å². The van der Waals surface area contributed by atoms with E-state index in [1.165, 1.54) is 32.1 Å². The Morgan fingerprint density at radius 1 is 1.14 bits per heavy atom. The molecule has 1 aromatic heterocycles. The van der Waals surface area contributed by atoms with Crippen LogP contribution in [0.4, 0.5) is 0 Å². The fourth-order valence-corrected chi connectivity index (χ4v) is 6.34. The average molecular weight is 390 g/mol. The molecule has 0 aromatic carbocycles. The van der Waals surface area contributed by atoms with Crippen LogP contribution >= 0.6 is 0 Å². The van der Waals surface area contributed by atoms with E-state index in [9.17, 15) is 15.0 Å². The van der Waals surface area contributed by atoms with Gasteiger partial charge in [0.1, 0.15) is 5.60 Å². The molecule has 4 aliphatic carbocycles. The first-order chi connectivity index (χ1) is 13.2. The number of carbonyl (C=O) groups excluding carboxylic acids is 1. The van der Waals surface area contributed by atoms with Gasteiger partial charge in [-0.25, -0.2) is 0 Å². The molecule has 5 rings (SSSR count). The van der Waals surface area contributed by atoms with E-state index in [0.29, 0.717) is 42.2 Å². The third-order valence-electron chi connectivity index (χ3n) is 8.60. The molecule has 5 heteroatoms. The van der Waals surface area contributed by atoms with Crippen LogP contribution in [0.1, 0.15) is 76.8 Å². The lowest BCUT2D eigenvalue weighted by Gasteiger charge is -2.59. The third kappa shape index (κ3) is 3.02. The van der Waals surface area contributed by atoms with Gasteiger partial charge in [-0.15, -0.1) is 0 Å². The van der Waals surface area contributed by atoms with Gasteiger partial charge < -0.3 is 14.9 Å². The molecule has 0 aliphatic heterocycles. The zero-order valence-electron chi connectivity index (χ0n) is 17.7. The highest BCUT2D eigenvalue weighted by Crippen LogP contribution is 2.59. The summed E-state index contributed by atoms with van der Waals surface area (Å²) < 4.78 is 6.37. The van der Waals surface area contributed by atoms with Crippen molar-refractivity contribution in [2.75, 3.05) is 0 Å². The number of nitrogens with one attached hydrogen (secondary N) is 1. The second kappa shape index (κ2) is 6.70. The van der Waals surface area contributed by atoms with Crippen LogP contribution in [0.3, 0.4) is 0 Å². The van der Waals surface area contributed by atoms with Crippen LogP contribution in [0.25, 0.3) is 0 Å². The standard InChI is InChI=1S/C23H35NO4/c1-5-22(3,7-6-18-13(2)19(25)24-20(18)26)21(27)28-23(4)16-9-14-8-15(11-16)12-17(23)10-14/h14-17,24-26H,5-12H2,1-4H3. The molecule has 0 amide bonds. The highest BCUT2D eigenvalue weighted by molar-refractivity contribution is 5.77. The zero-order chi connectivity index (χ0) is 20.3. The van der Waals surface area contributed by atoms with E-state index in [1.807, 2.05) is 13.8 Å². The van der Waals surface area contributed by atoms with Crippen LogP contribution in [0, 0.1) is 36.0 Å². The number of carbonyl (C=O) groups is 1. The maximum atomic E-state index is 13.3. The summed E-state index contributed by atoms with van der Waals surface area (Å²) in [6.45, 7) is 7.97. The molecule has 1 aromatic rings. The highest BCUT2D eigenvalue weighted by Gasteiger charge is 2.57. The molecule has 156 valence electrons. The Labute approximate surface area is 167 Å². The molecule has 0 spiro atoms. The molecule has 28 heavy (non-hydrogen) atoms. The predicted octanol–water partition coefficient (Wildman–Crippen LogP) is 4.84. The Bertz CT molecular complexity index is 739. The molecular formula is C23H35NO4. The molecule has 4 fully saturated rings. The van der Waals surface area contributed by atoms with Crippen molar-refractivity contribution < 1.29 is 19.7 Å². The number of rotatable bonds is 6. The number of H-pyrrole nitrogens is 1. The Balaban J connectivity index is 1.47. The highest BCUT2D eigenvalue weighted by atomic mass is 16.6. The molecule has 4 aliphatic rings. The van der Waals surface area contributed by atoms with Crippen molar-refractivity contribution in [2.45, 2.75) is 84.7 Å². The van der Waals surface area contributed by atoms with Crippen LogP contribution < -0.4 is 0 Å². The summed E-state index contributed by atoms with van der Waals surface area (Å²) >= 11 is 0. The average Bonchev–Trinajstić information content (AvgIpc) is 2.89. The van der Waals surface area contributed by atoms with Crippen molar-refractivity contribution >= 4 is 5.97 Å². The summed E-state index contributed by atoms with van der Waals surface area (Å²) in [5.41, 5.74) is 0.428. The van der Waals surface area contributed by atoms with E-state index >= 15 is 0 Å². The number of aromatic hydroxyl groups is 2. The predicted molar refractivity (Wildman–Crippen MR) is 107 cm³/mol. The normalized spacial score (nSPS) is 35.7. The fraction of sp³-hybridized carbons (Fsp3) is 0.783. The van der Waals surface area contributed by atoms with E-state index in [0.717, 1.165) is 11.8 Å². The van der Waals surface area contributed by atoms with Crippen molar-refractivity contribution in [3.63, 3.8) is 0 Å². The Kier molecular flexibility index (Phi) is 4.71. The molecule has 3 N–H and O–H groups in total. The summed E-state index contributed by atoms with van der Waals surface area (Å²) in [6.07, 6.45) is 8.07. The lowest BCUT2D eigenvalue weighted by atomic mass is 9.50. The fourth-order valence-electron chi connectivity index (χ4n) is 6.34. The van der Waals surface area contributed by atoms with Gasteiger partial charge in [-0.05, 0) is 95.8 Å². The maximum Gasteiger partial charge on any atom is 0.312 e. The summed E-state index contributed by atoms with van der Waals surface area (Å²) in [5.74, 6) is 2.62. The van der Waals surface area contributed by atoms with Crippen LogP contribution in [0.5, 0.6) is 11.8 Å². The van der Waals surface area contributed by atoms with Gasteiger partial charge in [0.05, 0.1) is 5.41 Å². The van der Waals surface area contributed by atoms with Crippen molar-refractivity contribution in [2.24, 2.45) is 29.1 Å². The maximum absolute atomic E-state index is 13.3. The topological polar surface area (TPSA) is 82.5 Å². The number of aromatic nitrogens is 1. The molecule has 1 heterocycles. The summed E-state index contributed by atoms with van der Waals surface area (Å²) in [5, 5.41) is 19.8. The minimum Gasteiger partial charge on any atom is -0.494 e. The Morgan fingerprint density at radius 3 is 2.18 bits per heavy atom. The van der Waals surface area contributed by atoms with Gasteiger partial charge >= 0.3 is 5.97 Å². The molecule has 4 saturated carbocycles. The Hall–Kier alpha value is -1.65. The van der Waals surface area contributed by atoms with Gasteiger partial charge in [-0.1, -0.05) is 6.92 Å². The van der Waals surface area contributed by atoms with Crippen molar-refractivity contribution in [3.8, 4) is 11.8 Å². The van der Waals surface area contributed by atoms with Crippen LogP contribution in [-0.2, 0) is 16.0 Å². The minimum absolute atomic E-state index is 0.00480. The second-order valence-corrected chi connectivity index (χ2v) is 10.2. The number of aromatic amines is 1. The minimum atomic E-state index is -0.594. The van der Waals surface area contributed by atoms with Gasteiger partial charge in [0, 0.05) is 11.1 Å². The number of ether oxygens (including phenoxy) is 1. The Morgan fingerprint density at radius 2 is 1.71 bits per heavy atom. The van der Waals surface area contributed by atoms with Crippen molar-refractivity contribution in [1.29, 1.82) is 0 Å². The molecule has 1 unspecified atom stereocenters. The SMILES string of the molecule is CCC(C)(CCc1c(O)[nH]c(O)c1C)C(=O)OC1(C)C2CC3CC(C2)CC1C3. The van der Waals surface area contributed by atoms with Crippen LogP contribution in [0.2, 0.25) is 0 Å².